The summed E-state index contributed by atoms with van der Waals surface area (Å²) in [6, 6.07) is 0. The molecule has 1 aliphatic carbocycles. The van der Waals surface area contributed by atoms with E-state index in [1.165, 1.54) is 25.7 Å². The third kappa shape index (κ3) is 3.52. The molecule has 0 unspecified atom stereocenters. The highest BCUT2D eigenvalue weighted by Crippen LogP contribution is 2.39. The molecular weight excluding hydrogens is 174 g/mol. The molecule has 1 N–H and O–H groups in total. The highest BCUT2D eigenvalue weighted by Gasteiger charge is 2.40. The molecule has 0 radical (unpaired) electrons. The number of carbonyl (C=O) groups excluding carboxylic acids is 1. The van der Waals surface area contributed by atoms with E-state index in [9.17, 15) is 4.79 Å². The summed E-state index contributed by atoms with van der Waals surface area (Å²) in [7, 11) is 1.71. The van der Waals surface area contributed by atoms with E-state index < -0.39 is 0 Å². The Morgan fingerprint density at radius 2 is 2.29 bits per heavy atom. The van der Waals surface area contributed by atoms with Crippen molar-refractivity contribution in [3.05, 3.63) is 12.2 Å². The molecule has 1 aliphatic rings. The topological polar surface area (TPSA) is 29.1 Å². The number of amides is 1. The summed E-state index contributed by atoms with van der Waals surface area (Å²) in [6.45, 7) is 2.21. The first kappa shape index (κ1) is 11.3. The molecular formula is C12H21NO. The molecule has 0 heterocycles. The molecule has 0 spiro atoms. The van der Waals surface area contributed by atoms with Crippen LogP contribution in [-0.2, 0) is 4.79 Å². The minimum atomic E-state index is 0.202. The molecule has 14 heavy (non-hydrogen) atoms. The number of carbonyl (C=O) groups is 1. The summed E-state index contributed by atoms with van der Waals surface area (Å²) in [5.74, 6) is 0.993. The Balaban J connectivity index is 2.06. The fourth-order valence-corrected chi connectivity index (χ4v) is 1.70. The molecule has 80 valence electrons. The molecule has 0 aromatic carbocycles. The maximum atomic E-state index is 11.2. The average Bonchev–Trinajstić information content (AvgIpc) is 2.96. The highest BCUT2D eigenvalue weighted by atomic mass is 16.1. The molecule has 2 heteroatoms. The van der Waals surface area contributed by atoms with E-state index >= 15 is 0 Å². The van der Waals surface area contributed by atoms with Crippen LogP contribution in [0.25, 0.3) is 0 Å². The van der Waals surface area contributed by atoms with Gasteiger partial charge in [0.2, 0.25) is 5.91 Å². The largest absolute Gasteiger partial charge is 0.359 e. The van der Waals surface area contributed by atoms with Gasteiger partial charge in [0.1, 0.15) is 0 Å². The lowest BCUT2D eigenvalue weighted by atomic mass is 10.2. The first-order valence-electron chi connectivity index (χ1n) is 5.67. The van der Waals surface area contributed by atoms with Crippen LogP contribution in [0.5, 0.6) is 0 Å². The first-order chi connectivity index (χ1) is 6.79. The summed E-state index contributed by atoms with van der Waals surface area (Å²) in [5.41, 5.74) is 0. The summed E-state index contributed by atoms with van der Waals surface area (Å²) < 4.78 is 0. The summed E-state index contributed by atoms with van der Waals surface area (Å²) in [5, 5.41) is 2.69. The molecule has 1 saturated carbocycles. The van der Waals surface area contributed by atoms with Crippen LogP contribution in [0.2, 0.25) is 0 Å². The molecule has 2 nitrogen and oxygen atoms in total. The lowest BCUT2D eigenvalue weighted by molar-refractivity contribution is -0.122. The predicted octanol–water partition coefficient (Wildman–Crippen LogP) is 2.50. The Bertz CT molecular complexity index is 210. The van der Waals surface area contributed by atoms with Crippen molar-refractivity contribution < 1.29 is 4.79 Å². The monoisotopic (exact) mass is 195 g/mol. The van der Waals surface area contributed by atoms with Crippen LogP contribution in [0, 0.1) is 11.8 Å². The Labute approximate surface area is 86.8 Å². The Morgan fingerprint density at radius 1 is 1.50 bits per heavy atom. The van der Waals surface area contributed by atoms with Crippen LogP contribution < -0.4 is 5.32 Å². The highest BCUT2D eigenvalue weighted by molar-refractivity contribution is 5.81. The summed E-state index contributed by atoms with van der Waals surface area (Å²) in [4.78, 5) is 11.2. The van der Waals surface area contributed by atoms with E-state index in [4.69, 9.17) is 0 Å². The molecule has 1 fully saturated rings. The van der Waals surface area contributed by atoms with Crippen LogP contribution >= 0.6 is 0 Å². The van der Waals surface area contributed by atoms with Gasteiger partial charge < -0.3 is 5.32 Å². The van der Waals surface area contributed by atoms with Crippen LogP contribution in [0.15, 0.2) is 12.2 Å². The SMILES string of the molecule is CCCCC/C=C\[C@@H]1C[C@@H]1C(=O)NC. The predicted molar refractivity (Wildman–Crippen MR) is 58.9 cm³/mol. The fourth-order valence-electron chi connectivity index (χ4n) is 1.70. The van der Waals surface area contributed by atoms with E-state index in [-0.39, 0.29) is 11.8 Å². The number of unbranched alkanes of at least 4 members (excludes halogenated alkanes) is 3. The lowest BCUT2D eigenvalue weighted by Crippen LogP contribution is -2.20. The van der Waals surface area contributed by atoms with Crippen molar-refractivity contribution in [1.82, 2.24) is 5.32 Å². The number of nitrogens with one attached hydrogen (secondary N) is 1. The van der Waals surface area contributed by atoms with E-state index in [1.54, 1.807) is 7.05 Å². The molecule has 0 aliphatic heterocycles. The van der Waals surface area contributed by atoms with Crippen molar-refractivity contribution >= 4 is 5.91 Å². The van der Waals surface area contributed by atoms with Crippen molar-refractivity contribution in [3.63, 3.8) is 0 Å². The van der Waals surface area contributed by atoms with Gasteiger partial charge >= 0.3 is 0 Å². The number of hydrogen-bond donors (Lipinski definition) is 1. The van der Waals surface area contributed by atoms with Gasteiger partial charge in [-0.15, -0.1) is 0 Å². The molecule has 0 aromatic heterocycles. The zero-order chi connectivity index (χ0) is 10.4. The standard InChI is InChI=1S/C12H21NO/c1-3-4-5-6-7-8-10-9-11(10)12(14)13-2/h7-8,10-11H,3-6,9H2,1-2H3,(H,13,14)/b8-7-/t10-,11+/m1/s1. The normalized spacial score (nSPS) is 25.3. The second-order valence-corrected chi connectivity index (χ2v) is 4.04. The minimum absolute atomic E-state index is 0.202. The van der Waals surface area contributed by atoms with Crippen LogP contribution in [-0.4, -0.2) is 13.0 Å². The quantitative estimate of drug-likeness (QED) is 0.512. The van der Waals surface area contributed by atoms with Gasteiger partial charge in [-0.3, -0.25) is 4.79 Å². The van der Waals surface area contributed by atoms with Gasteiger partial charge in [0, 0.05) is 13.0 Å². The molecule has 0 saturated heterocycles. The number of hydrogen-bond acceptors (Lipinski definition) is 1. The van der Waals surface area contributed by atoms with Gasteiger partial charge in [-0.25, -0.2) is 0 Å². The smallest absolute Gasteiger partial charge is 0.223 e. The Morgan fingerprint density at radius 3 is 2.93 bits per heavy atom. The Hall–Kier alpha value is -0.790. The van der Waals surface area contributed by atoms with Gasteiger partial charge in [0.25, 0.3) is 0 Å². The lowest BCUT2D eigenvalue weighted by Gasteiger charge is -1.94. The van der Waals surface area contributed by atoms with Crippen LogP contribution in [0.3, 0.4) is 0 Å². The second-order valence-electron chi connectivity index (χ2n) is 4.04. The third-order valence-electron chi connectivity index (χ3n) is 2.78. The first-order valence-corrected chi connectivity index (χ1v) is 5.67. The third-order valence-corrected chi connectivity index (χ3v) is 2.78. The molecule has 1 amide bonds. The van der Waals surface area contributed by atoms with Crippen molar-refractivity contribution in [2.75, 3.05) is 7.05 Å². The number of rotatable bonds is 6. The van der Waals surface area contributed by atoms with E-state index in [2.05, 4.69) is 24.4 Å². The van der Waals surface area contributed by atoms with Gasteiger partial charge in [0.05, 0.1) is 0 Å². The average molecular weight is 195 g/mol. The summed E-state index contributed by atoms with van der Waals surface area (Å²) in [6.07, 6.45) is 10.5. The van der Waals surface area contributed by atoms with Gasteiger partial charge in [-0.05, 0) is 25.2 Å². The van der Waals surface area contributed by atoms with Crippen molar-refractivity contribution in [3.8, 4) is 0 Å². The van der Waals surface area contributed by atoms with E-state index in [0.717, 1.165) is 6.42 Å². The molecule has 0 aromatic rings. The maximum absolute atomic E-state index is 11.2. The van der Waals surface area contributed by atoms with Crippen LogP contribution in [0.4, 0.5) is 0 Å². The molecule has 2 atom stereocenters. The van der Waals surface area contributed by atoms with Gasteiger partial charge in [0.15, 0.2) is 0 Å². The number of allylic oxidation sites excluding steroid dienone is 2. The Kier molecular flexibility index (Phi) is 4.71. The summed E-state index contributed by atoms with van der Waals surface area (Å²) >= 11 is 0. The zero-order valence-corrected chi connectivity index (χ0v) is 9.25. The van der Waals surface area contributed by atoms with Crippen molar-refractivity contribution in [1.29, 1.82) is 0 Å². The second kappa shape index (κ2) is 5.84. The zero-order valence-electron chi connectivity index (χ0n) is 9.25. The maximum Gasteiger partial charge on any atom is 0.223 e. The van der Waals surface area contributed by atoms with Gasteiger partial charge in [-0.1, -0.05) is 31.9 Å². The fraction of sp³-hybridized carbons (Fsp3) is 0.750. The molecule has 0 bridgehead atoms. The van der Waals surface area contributed by atoms with Crippen LogP contribution in [0.1, 0.15) is 39.0 Å². The van der Waals surface area contributed by atoms with Crippen molar-refractivity contribution in [2.45, 2.75) is 39.0 Å². The van der Waals surface area contributed by atoms with Gasteiger partial charge in [-0.2, -0.15) is 0 Å². The van der Waals surface area contributed by atoms with E-state index in [0.29, 0.717) is 5.92 Å². The molecule has 1 rings (SSSR count). The van der Waals surface area contributed by atoms with E-state index in [1.807, 2.05) is 0 Å². The minimum Gasteiger partial charge on any atom is -0.359 e. The van der Waals surface area contributed by atoms with Crippen molar-refractivity contribution in [2.24, 2.45) is 11.8 Å².